The van der Waals surface area contributed by atoms with Gasteiger partial charge in [-0.25, -0.2) is 4.98 Å². The van der Waals surface area contributed by atoms with E-state index in [-0.39, 0.29) is 11.9 Å². The molecule has 0 radical (unpaired) electrons. The summed E-state index contributed by atoms with van der Waals surface area (Å²) in [5, 5.41) is 4.20. The highest BCUT2D eigenvalue weighted by Crippen LogP contribution is 2.32. The fourth-order valence-corrected chi connectivity index (χ4v) is 4.15. The summed E-state index contributed by atoms with van der Waals surface area (Å²) in [7, 11) is 1.65. The first-order valence-electron chi connectivity index (χ1n) is 11.0. The molecule has 0 saturated carbocycles. The minimum atomic E-state index is -0.00852. The molecule has 4 aromatic rings. The predicted octanol–water partition coefficient (Wildman–Crippen LogP) is 6.03. The summed E-state index contributed by atoms with van der Waals surface area (Å²) in [4.78, 5) is 18.1. The molecule has 0 bridgehead atoms. The summed E-state index contributed by atoms with van der Waals surface area (Å²) in [6.45, 7) is 4.14. The quantitative estimate of drug-likeness (QED) is 0.394. The standard InChI is InChI=1S/C28H28N2O2/c1-4-25(20-11-7-5-8-12-20)29-27(31)18-24-19(2)28(21-13-9-6-10-14-21)30-26-17-22(32-3)15-16-23(24)26/h5-17,25H,4,18H2,1-3H3,(H,29,31)/t25-/m0/s1. The maximum absolute atomic E-state index is 13.2. The maximum Gasteiger partial charge on any atom is 0.224 e. The molecule has 0 aliphatic rings. The van der Waals surface area contributed by atoms with Gasteiger partial charge in [-0.1, -0.05) is 67.6 Å². The van der Waals surface area contributed by atoms with E-state index >= 15 is 0 Å². The van der Waals surface area contributed by atoms with Gasteiger partial charge in [-0.2, -0.15) is 0 Å². The molecule has 3 aromatic carbocycles. The number of amides is 1. The number of hydrogen-bond acceptors (Lipinski definition) is 3. The third kappa shape index (κ3) is 4.50. The smallest absolute Gasteiger partial charge is 0.224 e. The zero-order chi connectivity index (χ0) is 22.5. The molecule has 0 fully saturated rings. The predicted molar refractivity (Wildman–Crippen MR) is 130 cm³/mol. The number of ether oxygens (including phenoxy) is 1. The van der Waals surface area contributed by atoms with Crippen LogP contribution in [0.4, 0.5) is 0 Å². The van der Waals surface area contributed by atoms with Crippen LogP contribution >= 0.6 is 0 Å². The van der Waals surface area contributed by atoms with Crippen molar-refractivity contribution in [3.05, 3.63) is 95.6 Å². The molecule has 162 valence electrons. The molecule has 0 aliphatic heterocycles. The normalized spacial score (nSPS) is 11.8. The highest BCUT2D eigenvalue weighted by molar-refractivity contribution is 5.92. The van der Waals surface area contributed by atoms with Gasteiger partial charge in [-0.15, -0.1) is 0 Å². The molecule has 4 heteroatoms. The molecule has 4 nitrogen and oxygen atoms in total. The highest BCUT2D eigenvalue weighted by Gasteiger charge is 2.18. The molecule has 1 aromatic heterocycles. The van der Waals surface area contributed by atoms with Crippen molar-refractivity contribution in [3.8, 4) is 17.0 Å². The summed E-state index contributed by atoms with van der Waals surface area (Å²) in [6, 6.07) is 26.1. The Balaban J connectivity index is 1.73. The first kappa shape index (κ1) is 21.6. The van der Waals surface area contributed by atoms with Crippen LogP contribution in [-0.2, 0) is 11.2 Å². The van der Waals surface area contributed by atoms with Crippen molar-refractivity contribution >= 4 is 16.8 Å². The van der Waals surface area contributed by atoms with Crippen LogP contribution in [0.1, 0.15) is 36.1 Å². The minimum Gasteiger partial charge on any atom is -0.497 e. The molecule has 0 spiro atoms. The molecular weight excluding hydrogens is 396 g/mol. The molecule has 1 atom stereocenters. The van der Waals surface area contributed by atoms with Gasteiger partial charge in [0.05, 0.1) is 30.8 Å². The molecule has 1 N–H and O–H groups in total. The third-order valence-electron chi connectivity index (χ3n) is 5.90. The summed E-state index contributed by atoms with van der Waals surface area (Å²) in [5.41, 5.74) is 5.89. The molecule has 32 heavy (non-hydrogen) atoms. The van der Waals surface area contributed by atoms with Crippen LogP contribution in [0.5, 0.6) is 5.75 Å². The second kappa shape index (κ2) is 9.65. The van der Waals surface area contributed by atoms with E-state index in [1.165, 1.54) is 0 Å². The van der Waals surface area contributed by atoms with Crippen molar-refractivity contribution in [3.63, 3.8) is 0 Å². The van der Waals surface area contributed by atoms with Crippen molar-refractivity contribution in [1.29, 1.82) is 0 Å². The second-order valence-electron chi connectivity index (χ2n) is 7.93. The highest BCUT2D eigenvalue weighted by atomic mass is 16.5. The van der Waals surface area contributed by atoms with Crippen molar-refractivity contribution in [2.75, 3.05) is 7.11 Å². The third-order valence-corrected chi connectivity index (χ3v) is 5.90. The number of methoxy groups -OCH3 is 1. The Bertz CT molecular complexity index is 1220. The van der Waals surface area contributed by atoms with Crippen LogP contribution in [0, 0.1) is 6.92 Å². The lowest BCUT2D eigenvalue weighted by atomic mass is 9.95. The van der Waals surface area contributed by atoms with Gasteiger partial charge in [0.25, 0.3) is 0 Å². The molecule has 4 rings (SSSR count). The van der Waals surface area contributed by atoms with Gasteiger partial charge in [0.2, 0.25) is 5.91 Å². The van der Waals surface area contributed by atoms with E-state index in [0.717, 1.165) is 51.0 Å². The van der Waals surface area contributed by atoms with Crippen LogP contribution in [0.15, 0.2) is 78.9 Å². The van der Waals surface area contributed by atoms with Gasteiger partial charge in [0, 0.05) is 17.0 Å². The number of aromatic nitrogens is 1. The number of pyridine rings is 1. The Morgan fingerprint density at radius 1 is 1.00 bits per heavy atom. The zero-order valence-corrected chi connectivity index (χ0v) is 18.8. The summed E-state index contributed by atoms with van der Waals surface area (Å²) < 4.78 is 5.42. The molecule has 1 amide bonds. The van der Waals surface area contributed by atoms with Gasteiger partial charge in [0.15, 0.2) is 0 Å². The van der Waals surface area contributed by atoms with Crippen molar-refractivity contribution in [2.24, 2.45) is 0 Å². The van der Waals surface area contributed by atoms with E-state index in [2.05, 4.69) is 31.3 Å². The average Bonchev–Trinajstić information content (AvgIpc) is 2.84. The van der Waals surface area contributed by atoms with Crippen LogP contribution in [-0.4, -0.2) is 18.0 Å². The van der Waals surface area contributed by atoms with Gasteiger partial charge in [-0.3, -0.25) is 4.79 Å². The van der Waals surface area contributed by atoms with Crippen LogP contribution in [0.3, 0.4) is 0 Å². The monoisotopic (exact) mass is 424 g/mol. The first-order valence-corrected chi connectivity index (χ1v) is 11.0. The maximum atomic E-state index is 13.2. The van der Waals surface area contributed by atoms with E-state index in [0.29, 0.717) is 6.42 Å². The van der Waals surface area contributed by atoms with E-state index in [4.69, 9.17) is 9.72 Å². The topological polar surface area (TPSA) is 51.2 Å². The summed E-state index contributed by atoms with van der Waals surface area (Å²) >= 11 is 0. The largest absolute Gasteiger partial charge is 0.497 e. The van der Waals surface area contributed by atoms with Crippen molar-refractivity contribution in [1.82, 2.24) is 10.3 Å². The van der Waals surface area contributed by atoms with Crippen LogP contribution < -0.4 is 10.1 Å². The first-order chi connectivity index (χ1) is 15.6. The van der Waals surface area contributed by atoms with E-state index in [1.807, 2.05) is 66.7 Å². The molecule has 1 heterocycles. The van der Waals surface area contributed by atoms with E-state index in [1.54, 1.807) is 7.11 Å². The number of benzene rings is 3. The number of hydrogen-bond donors (Lipinski definition) is 1. The van der Waals surface area contributed by atoms with E-state index in [9.17, 15) is 4.79 Å². The average molecular weight is 425 g/mol. The van der Waals surface area contributed by atoms with Gasteiger partial charge in [0.1, 0.15) is 5.75 Å². The molecular formula is C28H28N2O2. The Labute approximate surface area is 189 Å². The lowest BCUT2D eigenvalue weighted by Gasteiger charge is -2.19. The van der Waals surface area contributed by atoms with Gasteiger partial charge < -0.3 is 10.1 Å². The fourth-order valence-electron chi connectivity index (χ4n) is 4.15. The van der Waals surface area contributed by atoms with Crippen molar-refractivity contribution in [2.45, 2.75) is 32.7 Å². The lowest BCUT2D eigenvalue weighted by molar-refractivity contribution is -0.121. The zero-order valence-electron chi connectivity index (χ0n) is 18.8. The number of rotatable bonds is 7. The van der Waals surface area contributed by atoms with Gasteiger partial charge >= 0.3 is 0 Å². The Kier molecular flexibility index (Phi) is 6.50. The Hall–Kier alpha value is -3.66. The number of nitrogens with one attached hydrogen (secondary N) is 1. The minimum absolute atomic E-state index is 0.00568. The number of nitrogens with zero attached hydrogens (tertiary/aromatic N) is 1. The van der Waals surface area contributed by atoms with Gasteiger partial charge in [-0.05, 0) is 42.2 Å². The molecule has 0 unspecified atom stereocenters. The summed E-state index contributed by atoms with van der Waals surface area (Å²) in [5.74, 6) is 0.754. The Morgan fingerprint density at radius 3 is 2.34 bits per heavy atom. The summed E-state index contributed by atoms with van der Waals surface area (Å²) in [6.07, 6.45) is 1.12. The molecule has 0 aliphatic carbocycles. The fraction of sp³-hybridized carbons (Fsp3) is 0.214. The van der Waals surface area contributed by atoms with E-state index < -0.39 is 0 Å². The Morgan fingerprint density at radius 2 is 1.69 bits per heavy atom. The number of fused-ring (bicyclic) bond motifs is 1. The number of carbonyl (C=O) groups is 1. The SMILES string of the molecule is CC[C@H](NC(=O)Cc1c(C)c(-c2ccccc2)nc2cc(OC)ccc12)c1ccccc1. The second-order valence-corrected chi connectivity index (χ2v) is 7.93. The lowest BCUT2D eigenvalue weighted by Crippen LogP contribution is -2.29. The van der Waals surface area contributed by atoms with Crippen LogP contribution in [0.2, 0.25) is 0 Å². The van der Waals surface area contributed by atoms with Crippen molar-refractivity contribution < 1.29 is 9.53 Å². The molecule has 0 saturated heterocycles. The van der Waals surface area contributed by atoms with Crippen LogP contribution in [0.25, 0.3) is 22.2 Å². The number of carbonyl (C=O) groups excluding carboxylic acids is 1.